The third-order valence-corrected chi connectivity index (χ3v) is 4.69. The minimum atomic E-state index is -0.0974. The molecule has 0 aromatic rings. The zero-order chi connectivity index (χ0) is 14.6. The van der Waals surface area contributed by atoms with Crippen molar-refractivity contribution < 1.29 is 28.0 Å². The van der Waals surface area contributed by atoms with Crippen LogP contribution in [0.4, 0.5) is 0 Å². The Bertz CT molecular complexity index is 329. The molecule has 3 aliphatic rings. The molecule has 0 aromatic carbocycles. The van der Waals surface area contributed by atoms with Gasteiger partial charge in [-0.05, 0) is 13.8 Å². The summed E-state index contributed by atoms with van der Waals surface area (Å²) in [5, 5.41) is 0. The summed E-state index contributed by atoms with van der Waals surface area (Å²) in [5.74, 6) is -0.195. The first-order valence-electron chi connectivity index (χ1n) is 7.54. The normalized spacial score (nSPS) is 30.4. The predicted octanol–water partition coefficient (Wildman–Crippen LogP) is 0.351. The molecule has 3 fully saturated rings. The van der Waals surface area contributed by atoms with Gasteiger partial charge in [-0.3, -0.25) is 0 Å². The van der Waals surface area contributed by atoms with E-state index in [0.29, 0.717) is 26.3 Å². The van der Waals surface area contributed by atoms with Crippen molar-refractivity contribution in [3.8, 4) is 0 Å². The Labute approximate surface area is 136 Å². The van der Waals surface area contributed by atoms with Crippen molar-refractivity contribution >= 4 is 28.9 Å². The predicted molar refractivity (Wildman–Crippen MR) is 83.0 cm³/mol. The van der Waals surface area contributed by atoms with E-state index in [1.54, 1.807) is 0 Å². The van der Waals surface area contributed by atoms with E-state index in [-0.39, 0.29) is 28.9 Å². The van der Waals surface area contributed by atoms with E-state index in [2.05, 4.69) is 0 Å². The molecule has 122 valence electrons. The quantitative estimate of drug-likeness (QED) is 0.502. The highest BCUT2D eigenvalue weighted by Crippen LogP contribution is 2.26. The molecule has 0 aromatic heterocycles. The molecule has 0 saturated carbocycles. The van der Waals surface area contributed by atoms with E-state index >= 15 is 0 Å². The van der Waals surface area contributed by atoms with Crippen LogP contribution in [0.2, 0.25) is 0 Å². The molecule has 0 unspecified atom stereocenters. The monoisotopic (exact) mass is 366 g/mol. The molecule has 2 bridgehead atoms. The molecule has 0 atom stereocenters. The molecule has 3 heterocycles. The summed E-state index contributed by atoms with van der Waals surface area (Å²) in [7, 11) is 0. The first-order chi connectivity index (χ1) is 9.53. The Morgan fingerprint density at radius 1 is 0.762 bits per heavy atom. The number of carbonyl (C=O) groups is 2. The van der Waals surface area contributed by atoms with Crippen molar-refractivity contribution in [2.75, 3.05) is 65.6 Å². The lowest BCUT2D eigenvalue weighted by Crippen LogP contribution is -2.76. The molecule has 0 aliphatic carbocycles. The summed E-state index contributed by atoms with van der Waals surface area (Å²) in [6.45, 7) is 11.3. The topological polar surface area (TPSA) is 52.6 Å². The van der Waals surface area contributed by atoms with Crippen molar-refractivity contribution in [1.82, 2.24) is 0 Å². The van der Waals surface area contributed by atoms with Gasteiger partial charge in [-0.1, -0.05) is 0 Å². The summed E-state index contributed by atoms with van der Waals surface area (Å²) in [5.41, 5.74) is 0. The van der Waals surface area contributed by atoms with Gasteiger partial charge in [0.15, 0.2) is 13.1 Å². The molecular weight excluding hydrogens is 340 g/mol. The number of esters is 2. The first-order valence-corrected chi connectivity index (χ1v) is 7.54. The number of nitrogens with zero attached hydrogens (tertiary/aromatic N) is 2. The van der Waals surface area contributed by atoms with Gasteiger partial charge in [0.2, 0.25) is 0 Å². The average Bonchev–Trinajstić information content (AvgIpc) is 2.41. The fourth-order valence-electron chi connectivity index (χ4n) is 3.38. The van der Waals surface area contributed by atoms with Gasteiger partial charge in [-0.25, -0.2) is 9.59 Å². The van der Waals surface area contributed by atoms with Crippen LogP contribution in [0, 0.1) is 0 Å². The number of halogens is 1. The summed E-state index contributed by atoms with van der Waals surface area (Å²) in [6.07, 6.45) is 0. The molecule has 0 radical (unpaired) electrons. The second-order valence-electron chi connectivity index (χ2n) is 5.95. The van der Waals surface area contributed by atoms with Gasteiger partial charge in [0.1, 0.15) is 39.3 Å². The number of hydrogen-bond acceptors (Lipinski definition) is 4. The molecule has 7 heteroatoms. The van der Waals surface area contributed by atoms with E-state index in [0.717, 1.165) is 48.2 Å². The highest BCUT2D eigenvalue weighted by molar-refractivity contribution is 8.93. The SMILES string of the molecule is Br.CCOC(=O)C[N+]12CC[N+](CC(=O)OCC)(CC1)CC2. The summed E-state index contributed by atoms with van der Waals surface area (Å²) >= 11 is 0. The standard InChI is InChI=1S/C14H26N2O4.BrH/c1-3-19-13(17)11-15-5-8-16(9-6-15,10-7-15)12-14(18)20-4-2;/h3-12H2,1-2H3;1H/q+2;. The Morgan fingerprint density at radius 3 is 1.29 bits per heavy atom. The van der Waals surface area contributed by atoms with Crippen molar-refractivity contribution in [3.05, 3.63) is 0 Å². The first kappa shape index (κ1) is 18.4. The Balaban J connectivity index is 0.00000220. The molecule has 0 amide bonds. The van der Waals surface area contributed by atoms with Gasteiger partial charge in [0, 0.05) is 0 Å². The smallest absolute Gasteiger partial charge is 0.361 e. The minimum absolute atomic E-state index is 0. The molecular formula is C14H27BrN2O4+2. The van der Waals surface area contributed by atoms with Crippen molar-refractivity contribution in [3.63, 3.8) is 0 Å². The Morgan fingerprint density at radius 2 is 1.05 bits per heavy atom. The highest BCUT2D eigenvalue weighted by atomic mass is 79.9. The fraction of sp³-hybridized carbons (Fsp3) is 0.857. The number of piperazine rings is 3. The zero-order valence-electron chi connectivity index (χ0n) is 13.0. The van der Waals surface area contributed by atoms with Gasteiger partial charge in [-0.2, -0.15) is 0 Å². The van der Waals surface area contributed by atoms with Crippen molar-refractivity contribution in [2.24, 2.45) is 0 Å². The van der Waals surface area contributed by atoms with E-state index in [1.807, 2.05) is 13.8 Å². The maximum Gasteiger partial charge on any atom is 0.361 e. The second-order valence-corrected chi connectivity index (χ2v) is 5.95. The summed E-state index contributed by atoms with van der Waals surface area (Å²) in [6, 6.07) is 0. The number of rotatable bonds is 6. The zero-order valence-corrected chi connectivity index (χ0v) is 14.7. The molecule has 21 heavy (non-hydrogen) atoms. The summed E-state index contributed by atoms with van der Waals surface area (Å²) < 4.78 is 11.8. The van der Waals surface area contributed by atoms with E-state index in [4.69, 9.17) is 9.47 Å². The molecule has 3 aliphatic heterocycles. The number of hydrogen-bond donors (Lipinski definition) is 0. The van der Waals surface area contributed by atoms with Gasteiger partial charge in [-0.15, -0.1) is 17.0 Å². The van der Waals surface area contributed by atoms with Crippen molar-refractivity contribution in [2.45, 2.75) is 13.8 Å². The number of quaternary nitrogens is 2. The molecule has 3 saturated heterocycles. The van der Waals surface area contributed by atoms with Gasteiger partial charge < -0.3 is 18.4 Å². The minimum Gasteiger partial charge on any atom is -0.462 e. The van der Waals surface area contributed by atoms with Crippen LogP contribution in [0.15, 0.2) is 0 Å². The van der Waals surface area contributed by atoms with E-state index < -0.39 is 0 Å². The van der Waals surface area contributed by atoms with E-state index in [1.165, 1.54) is 0 Å². The van der Waals surface area contributed by atoms with Gasteiger partial charge in [0.25, 0.3) is 0 Å². The fourth-order valence-corrected chi connectivity index (χ4v) is 3.38. The lowest BCUT2D eigenvalue weighted by Gasteiger charge is -2.54. The van der Waals surface area contributed by atoms with Crippen LogP contribution < -0.4 is 0 Å². The summed E-state index contributed by atoms with van der Waals surface area (Å²) in [4.78, 5) is 23.4. The Kier molecular flexibility index (Phi) is 6.62. The third kappa shape index (κ3) is 4.40. The van der Waals surface area contributed by atoms with Gasteiger partial charge in [0.05, 0.1) is 13.2 Å². The number of fused-ring (bicyclic) bond motifs is 3. The van der Waals surface area contributed by atoms with Crippen LogP contribution in [0.25, 0.3) is 0 Å². The van der Waals surface area contributed by atoms with Crippen LogP contribution in [0.1, 0.15) is 13.8 Å². The van der Waals surface area contributed by atoms with Gasteiger partial charge >= 0.3 is 11.9 Å². The van der Waals surface area contributed by atoms with Crippen molar-refractivity contribution in [1.29, 1.82) is 0 Å². The van der Waals surface area contributed by atoms with Crippen LogP contribution in [-0.4, -0.2) is 86.5 Å². The second kappa shape index (κ2) is 7.56. The van der Waals surface area contributed by atoms with E-state index in [9.17, 15) is 9.59 Å². The molecule has 0 N–H and O–H groups in total. The average molecular weight is 367 g/mol. The number of carbonyl (C=O) groups excluding carboxylic acids is 2. The largest absolute Gasteiger partial charge is 0.462 e. The molecule has 3 rings (SSSR count). The van der Waals surface area contributed by atoms with Crippen LogP contribution in [-0.2, 0) is 19.1 Å². The lowest BCUT2D eigenvalue weighted by atomic mass is 10.1. The van der Waals surface area contributed by atoms with Crippen LogP contribution in [0.3, 0.4) is 0 Å². The van der Waals surface area contributed by atoms with Crippen LogP contribution >= 0.6 is 17.0 Å². The molecule has 6 nitrogen and oxygen atoms in total. The molecule has 0 spiro atoms. The Hall–Kier alpha value is -0.660. The maximum atomic E-state index is 11.7. The lowest BCUT2D eigenvalue weighted by molar-refractivity contribution is -1.07. The highest BCUT2D eigenvalue weighted by Gasteiger charge is 2.50. The maximum absolute atomic E-state index is 11.7. The number of ether oxygens (including phenoxy) is 2. The van der Waals surface area contributed by atoms with Crippen LogP contribution in [0.5, 0.6) is 0 Å². The third-order valence-electron chi connectivity index (χ3n) is 4.69.